The molecule has 1 aliphatic heterocycles. The molecule has 4 nitrogen and oxygen atoms in total. The number of rotatable bonds is 1. The number of thioether (sulfide) groups is 1. The summed E-state index contributed by atoms with van der Waals surface area (Å²) >= 11 is 1.92. The lowest BCUT2D eigenvalue weighted by Gasteiger charge is -2.34. The topological polar surface area (TPSA) is 72.3 Å². The summed E-state index contributed by atoms with van der Waals surface area (Å²) in [6.45, 7) is 5.85. The molecule has 5 heteroatoms. The molecule has 1 aromatic rings. The molecule has 1 fully saturated rings. The van der Waals surface area contributed by atoms with E-state index in [1.54, 1.807) is 18.2 Å². The lowest BCUT2D eigenvalue weighted by atomic mass is 10.1. The van der Waals surface area contributed by atoms with Crippen molar-refractivity contribution in [1.82, 2.24) is 4.90 Å². The molecule has 1 aromatic carbocycles. The van der Waals surface area contributed by atoms with E-state index in [0.29, 0.717) is 27.4 Å². The van der Waals surface area contributed by atoms with E-state index in [4.69, 9.17) is 11.5 Å². The van der Waals surface area contributed by atoms with Gasteiger partial charge in [0.05, 0.1) is 0 Å². The molecule has 1 heterocycles. The second kappa shape index (κ2) is 5.10. The van der Waals surface area contributed by atoms with E-state index in [2.05, 4.69) is 13.8 Å². The number of nitrogens with zero attached hydrogens (tertiary/aromatic N) is 1. The highest BCUT2D eigenvalue weighted by Crippen LogP contribution is 2.26. The van der Waals surface area contributed by atoms with Gasteiger partial charge in [-0.3, -0.25) is 4.79 Å². The Morgan fingerprint density at radius 2 is 1.67 bits per heavy atom. The highest BCUT2D eigenvalue weighted by atomic mass is 32.2. The van der Waals surface area contributed by atoms with Crippen LogP contribution in [0.25, 0.3) is 0 Å². The summed E-state index contributed by atoms with van der Waals surface area (Å²) in [6.07, 6.45) is 0. The molecule has 0 spiro atoms. The zero-order chi connectivity index (χ0) is 13.3. The lowest BCUT2D eigenvalue weighted by Crippen LogP contribution is -2.44. The van der Waals surface area contributed by atoms with Gasteiger partial charge in [0, 0.05) is 40.5 Å². The van der Waals surface area contributed by atoms with E-state index in [1.165, 1.54) is 0 Å². The largest absolute Gasteiger partial charge is 0.399 e. The molecule has 1 amide bonds. The summed E-state index contributed by atoms with van der Waals surface area (Å²) in [5, 5.41) is 0.937. The van der Waals surface area contributed by atoms with E-state index < -0.39 is 0 Å². The van der Waals surface area contributed by atoms with E-state index >= 15 is 0 Å². The van der Waals surface area contributed by atoms with Gasteiger partial charge in [-0.05, 0) is 18.2 Å². The van der Waals surface area contributed by atoms with Gasteiger partial charge in [-0.25, -0.2) is 0 Å². The molecule has 0 bridgehead atoms. The number of nitrogen functional groups attached to an aromatic ring is 2. The average Bonchev–Trinajstić information content (AvgIpc) is 2.25. The summed E-state index contributed by atoms with van der Waals surface area (Å²) in [5.41, 5.74) is 13.1. The predicted octanol–water partition coefficient (Wildman–Crippen LogP) is 1.82. The number of carbonyl (C=O) groups excluding carboxylic acids is 1. The van der Waals surface area contributed by atoms with E-state index in [-0.39, 0.29) is 5.91 Å². The van der Waals surface area contributed by atoms with Crippen LogP contribution >= 0.6 is 11.8 Å². The van der Waals surface area contributed by atoms with Gasteiger partial charge in [0.25, 0.3) is 5.91 Å². The zero-order valence-corrected chi connectivity index (χ0v) is 11.5. The van der Waals surface area contributed by atoms with Gasteiger partial charge in [-0.1, -0.05) is 13.8 Å². The number of nitrogens with two attached hydrogens (primary N) is 2. The number of amides is 1. The van der Waals surface area contributed by atoms with Crippen molar-refractivity contribution >= 4 is 29.0 Å². The molecule has 2 unspecified atom stereocenters. The number of hydrogen-bond acceptors (Lipinski definition) is 4. The first-order chi connectivity index (χ1) is 8.45. The third-order valence-corrected chi connectivity index (χ3v) is 4.16. The van der Waals surface area contributed by atoms with Crippen molar-refractivity contribution in [2.24, 2.45) is 0 Å². The summed E-state index contributed by atoms with van der Waals surface area (Å²) < 4.78 is 0. The molecule has 1 saturated heterocycles. The predicted molar refractivity (Wildman–Crippen MR) is 77.7 cm³/mol. The first-order valence-electron chi connectivity index (χ1n) is 6.06. The minimum absolute atomic E-state index is 0.0213. The Morgan fingerprint density at radius 1 is 1.17 bits per heavy atom. The van der Waals surface area contributed by atoms with Crippen LogP contribution in [0.15, 0.2) is 18.2 Å². The molecule has 98 valence electrons. The quantitative estimate of drug-likeness (QED) is 0.760. The fourth-order valence-electron chi connectivity index (χ4n) is 2.33. The fourth-order valence-corrected chi connectivity index (χ4v) is 3.65. The second-order valence-electron chi connectivity index (χ2n) is 4.86. The number of hydrogen-bond donors (Lipinski definition) is 2. The van der Waals surface area contributed by atoms with Crippen LogP contribution < -0.4 is 11.5 Å². The van der Waals surface area contributed by atoms with Crippen LogP contribution in [0.5, 0.6) is 0 Å². The molecule has 4 N–H and O–H groups in total. The van der Waals surface area contributed by atoms with Crippen LogP contribution in [0.4, 0.5) is 11.4 Å². The minimum Gasteiger partial charge on any atom is -0.399 e. The van der Waals surface area contributed by atoms with Crippen LogP contribution in [-0.2, 0) is 0 Å². The molecule has 2 rings (SSSR count). The molecule has 0 saturated carbocycles. The van der Waals surface area contributed by atoms with Gasteiger partial charge in [0.1, 0.15) is 0 Å². The molecule has 18 heavy (non-hydrogen) atoms. The lowest BCUT2D eigenvalue weighted by molar-refractivity contribution is 0.0753. The van der Waals surface area contributed by atoms with E-state index in [9.17, 15) is 4.79 Å². The van der Waals surface area contributed by atoms with Crippen LogP contribution in [0, 0.1) is 0 Å². The summed E-state index contributed by atoms with van der Waals surface area (Å²) in [7, 11) is 0. The Morgan fingerprint density at radius 3 is 2.17 bits per heavy atom. The average molecular weight is 265 g/mol. The maximum Gasteiger partial charge on any atom is 0.254 e. The Labute approximate surface area is 112 Å². The van der Waals surface area contributed by atoms with Crippen molar-refractivity contribution < 1.29 is 4.79 Å². The molecule has 0 aliphatic carbocycles. The van der Waals surface area contributed by atoms with Gasteiger partial charge in [0.2, 0.25) is 0 Å². The molecule has 2 atom stereocenters. The first kappa shape index (κ1) is 13.1. The van der Waals surface area contributed by atoms with Crippen LogP contribution in [0.3, 0.4) is 0 Å². The van der Waals surface area contributed by atoms with Crippen molar-refractivity contribution in [1.29, 1.82) is 0 Å². The summed E-state index contributed by atoms with van der Waals surface area (Å²) in [4.78, 5) is 14.3. The van der Waals surface area contributed by atoms with Crippen molar-refractivity contribution in [3.63, 3.8) is 0 Å². The van der Waals surface area contributed by atoms with Crippen molar-refractivity contribution in [2.45, 2.75) is 24.3 Å². The molecule has 0 aromatic heterocycles. The monoisotopic (exact) mass is 265 g/mol. The Hall–Kier alpha value is -1.36. The Bertz CT molecular complexity index is 433. The van der Waals surface area contributed by atoms with Gasteiger partial charge in [-0.15, -0.1) is 0 Å². The Balaban J connectivity index is 2.20. The number of benzene rings is 1. The van der Waals surface area contributed by atoms with Crippen molar-refractivity contribution in [3.8, 4) is 0 Å². The van der Waals surface area contributed by atoms with Gasteiger partial charge >= 0.3 is 0 Å². The first-order valence-corrected chi connectivity index (χ1v) is 7.00. The summed E-state index contributed by atoms with van der Waals surface area (Å²) in [5.74, 6) is 0.0213. The highest BCUT2D eigenvalue weighted by molar-refractivity contribution is 8.00. The Kier molecular flexibility index (Phi) is 3.71. The molecular formula is C13H19N3OS. The number of carbonyl (C=O) groups is 1. The standard InChI is InChI=1S/C13H19N3OS/c1-8-6-16(7-9(2)18-8)13(17)10-3-11(14)5-12(15)4-10/h3-5,8-9H,6-7,14-15H2,1-2H3. The molecule has 1 aliphatic rings. The third kappa shape index (κ3) is 2.90. The maximum absolute atomic E-state index is 12.4. The van der Waals surface area contributed by atoms with E-state index in [1.807, 2.05) is 16.7 Å². The molecular weight excluding hydrogens is 246 g/mol. The van der Waals surface area contributed by atoms with Gasteiger partial charge < -0.3 is 16.4 Å². The minimum atomic E-state index is 0.0213. The van der Waals surface area contributed by atoms with Crippen LogP contribution in [0.2, 0.25) is 0 Å². The van der Waals surface area contributed by atoms with Crippen LogP contribution in [-0.4, -0.2) is 34.4 Å². The fraction of sp³-hybridized carbons (Fsp3) is 0.462. The van der Waals surface area contributed by atoms with E-state index in [0.717, 1.165) is 13.1 Å². The highest BCUT2D eigenvalue weighted by Gasteiger charge is 2.26. The third-order valence-electron chi connectivity index (χ3n) is 2.93. The number of anilines is 2. The smallest absolute Gasteiger partial charge is 0.254 e. The van der Waals surface area contributed by atoms with Crippen molar-refractivity contribution in [2.75, 3.05) is 24.6 Å². The maximum atomic E-state index is 12.4. The van der Waals surface area contributed by atoms with Crippen LogP contribution in [0.1, 0.15) is 24.2 Å². The van der Waals surface area contributed by atoms with Gasteiger partial charge in [0.15, 0.2) is 0 Å². The summed E-state index contributed by atoms with van der Waals surface area (Å²) in [6, 6.07) is 5.04. The van der Waals surface area contributed by atoms with Gasteiger partial charge in [-0.2, -0.15) is 11.8 Å². The second-order valence-corrected chi connectivity index (χ2v) is 6.74. The SMILES string of the molecule is CC1CN(C(=O)c2cc(N)cc(N)c2)CC(C)S1. The zero-order valence-electron chi connectivity index (χ0n) is 10.7. The molecule has 0 radical (unpaired) electrons. The normalized spacial score (nSPS) is 24.0. The van der Waals surface area contributed by atoms with Crippen molar-refractivity contribution in [3.05, 3.63) is 23.8 Å².